The molecule has 3 nitrogen and oxygen atoms in total. The van der Waals surface area contributed by atoms with Crippen molar-refractivity contribution >= 4 is 11.8 Å². The zero-order valence-electron chi connectivity index (χ0n) is 15.6. The standard InChI is InChI=1S/C22H27N3S/c1-18(2)17-25-21(16-20-12-7-4-8-13-20)23-24-22(25)26-15-9-14-19-10-5-3-6-11-19/h3-8,10-13,18H,9,14-17H2,1-2H3. The van der Waals surface area contributed by atoms with Gasteiger partial charge in [-0.2, -0.15) is 0 Å². The minimum absolute atomic E-state index is 0.573. The van der Waals surface area contributed by atoms with Crippen LogP contribution in [0.3, 0.4) is 0 Å². The zero-order chi connectivity index (χ0) is 18.2. The maximum atomic E-state index is 4.49. The smallest absolute Gasteiger partial charge is 0.191 e. The lowest BCUT2D eigenvalue weighted by Gasteiger charge is -2.12. The predicted molar refractivity (Wildman–Crippen MR) is 110 cm³/mol. The Bertz CT molecular complexity index is 782. The number of aryl methyl sites for hydroxylation is 1. The number of nitrogens with zero attached hydrogens (tertiary/aromatic N) is 3. The average Bonchev–Trinajstić information content (AvgIpc) is 3.01. The largest absolute Gasteiger partial charge is 0.305 e. The number of hydrogen-bond donors (Lipinski definition) is 0. The van der Waals surface area contributed by atoms with Gasteiger partial charge in [0.2, 0.25) is 0 Å². The second kappa shape index (κ2) is 9.58. The fourth-order valence-corrected chi connectivity index (χ4v) is 3.87. The van der Waals surface area contributed by atoms with Gasteiger partial charge in [-0.1, -0.05) is 86.3 Å². The van der Waals surface area contributed by atoms with E-state index in [1.54, 1.807) is 0 Å². The van der Waals surface area contributed by atoms with Crippen molar-refractivity contribution < 1.29 is 0 Å². The Morgan fingerprint density at radius 1 is 0.885 bits per heavy atom. The van der Waals surface area contributed by atoms with Crippen LogP contribution >= 0.6 is 11.8 Å². The van der Waals surface area contributed by atoms with Gasteiger partial charge < -0.3 is 4.57 Å². The molecule has 0 N–H and O–H groups in total. The van der Waals surface area contributed by atoms with Gasteiger partial charge in [-0.3, -0.25) is 0 Å². The lowest BCUT2D eigenvalue weighted by Crippen LogP contribution is -2.10. The number of hydrogen-bond acceptors (Lipinski definition) is 3. The monoisotopic (exact) mass is 365 g/mol. The molecule has 3 aromatic rings. The molecule has 0 saturated heterocycles. The summed E-state index contributed by atoms with van der Waals surface area (Å²) < 4.78 is 2.31. The molecule has 0 aliphatic carbocycles. The van der Waals surface area contributed by atoms with Crippen molar-refractivity contribution in [1.29, 1.82) is 0 Å². The average molecular weight is 366 g/mol. The summed E-state index contributed by atoms with van der Waals surface area (Å²) in [5.74, 6) is 2.70. The second-order valence-corrected chi connectivity index (χ2v) is 8.07. The molecule has 2 aromatic carbocycles. The van der Waals surface area contributed by atoms with Gasteiger partial charge in [-0.05, 0) is 29.9 Å². The van der Waals surface area contributed by atoms with Gasteiger partial charge in [0.15, 0.2) is 5.16 Å². The molecule has 1 heterocycles. The molecular weight excluding hydrogens is 338 g/mol. The maximum absolute atomic E-state index is 4.49. The quantitative estimate of drug-likeness (QED) is 0.383. The molecule has 4 heteroatoms. The highest BCUT2D eigenvalue weighted by Crippen LogP contribution is 2.21. The SMILES string of the molecule is CC(C)Cn1c(Cc2ccccc2)nnc1SCCCc1ccccc1. The van der Waals surface area contributed by atoms with Crippen LogP contribution < -0.4 is 0 Å². The van der Waals surface area contributed by atoms with Gasteiger partial charge in [0.05, 0.1) is 0 Å². The summed E-state index contributed by atoms with van der Waals surface area (Å²) in [5, 5.41) is 10.0. The van der Waals surface area contributed by atoms with Crippen molar-refractivity contribution in [2.24, 2.45) is 5.92 Å². The molecular formula is C22H27N3S. The number of benzene rings is 2. The van der Waals surface area contributed by atoms with E-state index in [2.05, 4.69) is 89.3 Å². The van der Waals surface area contributed by atoms with Gasteiger partial charge in [0, 0.05) is 18.7 Å². The maximum Gasteiger partial charge on any atom is 0.191 e. The van der Waals surface area contributed by atoms with Crippen molar-refractivity contribution in [1.82, 2.24) is 14.8 Å². The molecule has 0 aliphatic rings. The fraction of sp³-hybridized carbons (Fsp3) is 0.364. The Kier molecular flexibility index (Phi) is 6.89. The summed E-state index contributed by atoms with van der Waals surface area (Å²) >= 11 is 1.83. The highest BCUT2D eigenvalue weighted by Gasteiger charge is 2.14. The second-order valence-electron chi connectivity index (χ2n) is 7.00. The van der Waals surface area contributed by atoms with Crippen LogP contribution in [-0.2, 0) is 19.4 Å². The van der Waals surface area contributed by atoms with Gasteiger partial charge in [-0.25, -0.2) is 0 Å². The lowest BCUT2D eigenvalue weighted by molar-refractivity contribution is 0.482. The summed E-state index contributed by atoms with van der Waals surface area (Å²) in [6, 6.07) is 21.2. The molecule has 0 amide bonds. The van der Waals surface area contributed by atoms with Gasteiger partial charge >= 0.3 is 0 Å². The molecule has 0 radical (unpaired) electrons. The van der Waals surface area contributed by atoms with Crippen molar-refractivity contribution in [2.75, 3.05) is 5.75 Å². The normalized spacial score (nSPS) is 11.2. The Hall–Kier alpha value is -2.07. The van der Waals surface area contributed by atoms with Crippen LogP contribution in [0.15, 0.2) is 65.8 Å². The fourth-order valence-electron chi connectivity index (χ4n) is 2.97. The van der Waals surface area contributed by atoms with Crippen LogP contribution in [0.4, 0.5) is 0 Å². The topological polar surface area (TPSA) is 30.7 Å². The van der Waals surface area contributed by atoms with Gasteiger partial charge in [0.25, 0.3) is 0 Å². The number of thioether (sulfide) groups is 1. The van der Waals surface area contributed by atoms with E-state index in [1.807, 2.05) is 11.8 Å². The molecule has 1 aromatic heterocycles. The van der Waals surface area contributed by atoms with Crippen molar-refractivity contribution in [3.63, 3.8) is 0 Å². The first-order valence-electron chi connectivity index (χ1n) is 9.35. The van der Waals surface area contributed by atoms with Crippen LogP contribution in [0.25, 0.3) is 0 Å². The van der Waals surface area contributed by atoms with Gasteiger partial charge in [0.1, 0.15) is 5.82 Å². The van der Waals surface area contributed by atoms with E-state index in [4.69, 9.17) is 0 Å². The molecule has 26 heavy (non-hydrogen) atoms. The summed E-state index contributed by atoms with van der Waals surface area (Å²) in [5.41, 5.74) is 2.69. The van der Waals surface area contributed by atoms with E-state index >= 15 is 0 Å². The number of rotatable bonds is 9. The van der Waals surface area contributed by atoms with Gasteiger partial charge in [-0.15, -0.1) is 10.2 Å². The number of aromatic nitrogens is 3. The molecule has 0 spiro atoms. The van der Waals surface area contributed by atoms with E-state index in [0.717, 1.165) is 42.5 Å². The molecule has 0 atom stereocenters. The molecule has 0 fully saturated rings. The molecule has 3 rings (SSSR count). The molecule has 0 bridgehead atoms. The summed E-state index contributed by atoms with van der Waals surface area (Å²) in [6.45, 7) is 5.46. The third kappa shape index (κ3) is 5.46. The Morgan fingerprint density at radius 3 is 2.19 bits per heavy atom. The Labute approximate surface area is 160 Å². The highest BCUT2D eigenvalue weighted by atomic mass is 32.2. The molecule has 0 unspecified atom stereocenters. The third-order valence-corrected chi connectivity index (χ3v) is 5.28. The minimum atomic E-state index is 0.573. The first kappa shape index (κ1) is 18.7. The molecule has 0 aliphatic heterocycles. The predicted octanol–water partition coefficient (Wildman–Crippen LogP) is 5.25. The van der Waals surface area contributed by atoms with Crippen LogP contribution in [-0.4, -0.2) is 20.5 Å². The summed E-state index contributed by atoms with van der Waals surface area (Å²) in [6.07, 6.45) is 3.10. The van der Waals surface area contributed by atoms with Crippen LogP contribution in [0.5, 0.6) is 0 Å². The van der Waals surface area contributed by atoms with Crippen LogP contribution in [0, 0.1) is 5.92 Å². The van der Waals surface area contributed by atoms with E-state index < -0.39 is 0 Å². The highest BCUT2D eigenvalue weighted by molar-refractivity contribution is 7.99. The van der Waals surface area contributed by atoms with Crippen molar-refractivity contribution in [2.45, 2.75) is 44.8 Å². The first-order valence-corrected chi connectivity index (χ1v) is 10.3. The van der Waals surface area contributed by atoms with E-state index in [1.165, 1.54) is 11.1 Å². The zero-order valence-corrected chi connectivity index (χ0v) is 16.5. The lowest BCUT2D eigenvalue weighted by atomic mass is 10.1. The van der Waals surface area contributed by atoms with E-state index in [0.29, 0.717) is 5.92 Å². The van der Waals surface area contributed by atoms with Crippen LogP contribution in [0.2, 0.25) is 0 Å². The van der Waals surface area contributed by atoms with E-state index in [-0.39, 0.29) is 0 Å². The van der Waals surface area contributed by atoms with Crippen molar-refractivity contribution in [3.05, 3.63) is 77.6 Å². The van der Waals surface area contributed by atoms with E-state index in [9.17, 15) is 0 Å². The third-order valence-electron chi connectivity index (χ3n) is 4.23. The first-order chi connectivity index (χ1) is 12.7. The Balaban J connectivity index is 1.62. The molecule has 0 saturated carbocycles. The Morgan fingerprint density at radius 2 is 1.54 bits per heavy atom. The molecule has 136 valence electrons. The van der Waals surface area contributed by atoms with Crippen LogP contribution in [0.1, 0.15) is 37.2 Å². The van der Waals surface area contributed by atoms with Crippen molar-refractivity contribution in [3.8, 4) is 0 Å². The summed E-state index contributed by atoms with van der Waals surface area (Å²) in [7, 11) is 0. The minimum Gasteiger partial charge on any atom is -0.305 e. The summed E-state index contributed by atoms with van der Waals surface area (Å²) in [4.78, 5) is 0.